The Balaban J connectivity index is 2.11. The normalized spacial score (nSPS) is 51.6. The monoisotopic (exact) mass is 138 g/mol. The summed E-state index contributed by atoms with van der Waals surface area (Å²) < 4.78 is 0. The highest BCUT2D eigenvalue weighted by Gasteiger charge is 2.61. The maximum Gasteiger partial charge on any atom is -0.0240 e. The minimum atomic E-state index is 0.833. The van der Waals surface area contributed by atoms with E-state index < -0.39 is 0 Å². The quantitative estimate of drug-likeness (QED) is 0.522. The van der Waals surface area contributed by atoms with E-state index in [1.54, 1.807) is 6.42 Å². The smallest absolute Gasteiger partial charge is 0.0240 e. The molecule has 10 heavy (non-hydrogen) atoms. The molecule has 0 nitrogen and oxygen atoms in total. The van der Waals surface area contributed by atoms with Gasteiger partial charge in [0.05, 0.1) is 0 Å². The van der Waals surface area contributed by atoms with E-state index in [2.05, 4.69) is 20.8 Å². The highest BCUT2D eigenvalue weighted by Crippen LogP contribution is 2.69. The van der Waals surface area contributed by atoms with E-state index in [1.165, 1.54) is 12.8 Å². The van der Waals surface area contributed by atoms with Gasteiger partial charge in [-0.05, 0) is 42.4 Å². The van der Waals surface area contributed by atoms with E-state index in [-0.39, 0.29) is 0 Å². The summed E-state index contributed by atoms with van der Waals surface area (Å²) in [6, 6.07) is 0. The first kappa shape index (κ1) is 6.69. The average molecular weight is 138 g/mol. The van der Waals surface area contributed by atoms with Crippen molar-refractivity contribution in [2.75, 3.05) is 0 Å². The van der Waals surface area contributed by atoms with E-state index in [9.17, 15) is 0 Å². The average Bonchev–Trinajstić information content (AvgIpc) is 2.52. The molecule has 2 fully saturated rings. The predicted molar refractivity (Wildman–Crippen MR) is 43.8 cm³/mol. The van der Waals surface area contributed by atoms with Crippen molar-refractivity contribution < 1.29 is 0 Å². The molecule has 0 spiro atoms. The van der Waals surface area contributed by atoms with Crippen LogP contribution in [0, 0.1) is 23.2 Å². The molecule has 0 radical (unpaired) electrons. The van der Waals surface area contributed by atoms with Crippen LogP contribution in [-0.2, 0) is 0 Å². The summed E-state index contributed by atoms with van der Waals surface area (Å²) in [6.07, 6.45) is 4.57. The van der Waals surface area contributed by atoms with Crippen molar-refractivity contribution in [1.82, 2.24) is 0 Å². The van der Waals surface area contributed by atoms with Gasteiger partial charge in [0.1, 0.15) is 0 Å². The van der Waals surface area contributed by atoms with Crippen LogP contribution in [0.2, 0.25) is 0 Å². The van der Waals surface area contributed by atoms with E-state index >= 15 is 0 Å². The molecule has 0 N–H and O–H groups in total. The maximum atomic E-state index is 2.43. The Kier molecular flexibility index (Phi) is 1.19. The van der Waals surface area contributed by atoms with Crippen LogP contribution in [0.1, 0.15) is 40.0 Å². The van der Waals surface area contributed by atoms with E-state index in [0.29, 0.717) is 0 Å². The van der Waals surface area contributed by atoms with Gasteiger partial charge in [-0.1, -0.05) is 20.8 Å². The third-order valence-corrected chi connectivity index (χ3v) is 4.08. The SMILES string of the molecule is CC(C)[C@]12CC[C@@H](C)[C@@H]1C2. The van der Waals surface area contributed by atoms with Gasteiger partial charge in [-0.25, -0.2) is 0 Å². The van der Waals surface area contributed by atoms with Gasteiger partial charge in [0.25, 0.3) is 0 Å². The maximum absolute atomic E-state index is 2.43. The lowest BCUT2D eigenvalue weighted by Crippen LogP contribution is -2.07. The molecular formula is C10H18. The van der Waals surface area contributed by atoms with E-state index in [0.717, 1.165) is 23.2 Å². The molecule has 0 unspecified atom stereocenters. The standard InChI is InChI=1S/C10H18/c1-7(2)10-5-4-8(3)9(10)6-10/h7-9H,4-6H2,1-3H3/t8-,9+,10-/m1/s1. The summed E-state index contributed by atoms with van der Waals surface area (Å²) in [5.41, 5.74) is 0.833. The van der Waals surface area contributed by atoms with Gasteiger partial charge in [0.2, 0.25) is 0 Å². The van der Waals surface area contributed by atoms with Crippen LogP contribution in [0.5, 0.6) is 0 Å². The largest absolute Gasteiger partial charge is 0.0622 e. The molecular weight excluding hydrogens is 120 g/mol. The third kappa shape index (κ3) is 0.627. The van der Waals surface area contributed by atoms with Crippen LogP contribution in [-0.4, -0.2) is 0 Å². The van der Waals surface area contributed by atoms with Gasteiger partial charge in [-0.2, -0.15) is 0 Å². The van der Waals surface area contributed by atoms with Crippen LogP contribution in [0.3, 0.4) is 0 Å². The zero-order valence-electron chi connectivity index (χ0n) is 7.35. The first-order chi connectivity index (χ1) is 4.67. The highest BCUT2D eigenvalue weighted by atomic mass is 14.7. The third-order valence-electron chi connectivity index (χ3n) is 4.08. The van der Waals surface area contributed by atoms with Crippen molar-refractivity contribution in [3.63, 3.8) is 0 Å². The highest BCUT2D eigenvalue weighted by molar-refractivity contribution is 5.10. The fourth-order valence-corrected chi connectivity index (χ4v) is 3.06. The Morgan fingerprint density at radius 3 is 2.30 bits per heavy atom. The van der Waals surface area contributed by atoms with Crippen LogP contribution in [0.4, 0.5) is 0 Å². The summed E-state index contributed by atoms with van der Waals surface area (Å²) in [6.45, 7) is 7.23. The molecule has 0 aromatic rings. The summed E-state index contributed by atoms with van der Waals surface area (Å²) in [5, 5.41) is 0. The summed E-state index contributed by atoms with van der Waals surface area (Å²) in [7, 11) is 0. The Morgan fingerprint density at radius 2 is 2.10 bits per heavy atom. The topological polar surface area (TPSA) is 0 Å². The van der Waals surface area contributed by atoms with Crippen LogP contribution >= 0.6 is 0 Å². The molecule has 2 aliphatic carbocycles. The van der Waals surface area contributed by atoms with Crippen molar-refractivity contribution in [3.05, 3.63) is 0 Å². The fourth-order valence-electron chi connectivity index (χ4n) is 3.06. The molecule has 0 heterocycles. The molecule has 0 heteroatoms. The predicted octanol–water partition coefficient (Wildman–Crippen LogP) is 3.08. The zero-order valence-corrected chi connectivity index (χ0v) is 7.35. The molecule has 58 valence electrons. The zero-order chi connectivity index (χ0) is 7.35. The van der Waals surface area contributed by atoms with E-state index in [1.807, 2.05) is 0 Å². The molecule has 0 saturated heterocycles. The van der Waals surface area contributed by atoms with Gasteiger partial charge in [0, 0.05) is 0 Å². The lowest BCUT2D eigenvalue weighted by Gasteiger charge is -2.15. The van der Waals surface area contributed by atoms with Crippen LogP contribution in [0.15, 0.2) is 0 Å². The lowest BCUT2D eigenvalue weighted by molar-refractivity contribution is 0.342. The minimum Gasteiger partial charge on any atom is -0.0622 e. The number of rotatable bonds is 1. The van der Waals surface area contributed by atoms with Crippen LogP contribution < -0.4 is 0 Å². The van der Waals surface area contributed by atoms with Gasteiger partial charge in [-0.15, -0.1) is 0 Å². The number of hydrogen-bond acceptors (Lipinski definition) is 0. The molecule has 2 aliphatic rings. The first-order valence-electron chi connectivity index (χ1n) is 4.67. The second kappa shape index (κ2) is 1.78. The fraction of sp³-hybridized carbons (Fsp3) is 1.00. The lowest BCUT2D eigenvalue weighted by atomic mass is 9.90. The Hall–Kier alpha value is 0. The molecule has 3 atom stereocenters. The van der Waals surface area contributed by atoms with Crippen molar-refractivity contribution in [2.24, 2.45) is 23.2 Å². The molecule has 0 aromatic carbocycles. The molecule has 0 bridgehead atoms. The van der Waals surface area contributed by atoms with Gasteiger partial charge in [0.15, 0.2) is 0 Å². The van der Waals surface area contributed by atoms with Crippen molar-refractivity contribution in [1.29, 1.82) is 0 Å². The minimum absolute atomic E-state index is 0.833. The van der Waals surface area contributed by atoms with Crippen molar-refractivity contribution >= 4 is 0 Å². The van der Waals surface area contributed by atoms with Crippen LogP contribution in [0.25, 0.3) is 0 Å². The molecule has 0 aromatic heterocycles. The summed E-state index contributed by atoms with van der Waals surface area (Å²) in [4.78, 5) is 0. The molecule has 0 aliphatic heterocycles. The van der Waals surface area contributed by atoms with Gasteiger partial charge in [-0.3, -0.25) is 0 Å². The van der Waals surface area contributed by atoms with Crippen molar-refractivity contribution in [3.8, 4) is 0 Å². The van der Waals surface area contributed by atoms with E-state index in [4.69, 9.17) is 0 Å². The molecule has 2 saturated carbocycles. The number of hydrogen-bond donors (Lipinski definition) is 0. The molecule has 2 rings (SSSR count). The summed E-state index contributed by atoms with van der Waals surface area (Å²) >= 11 is 0. The Bertz CT molecular complexity index is 148. The first-order valence-corrected chi connectivity index (χ1v) is 4.67. The summed E-state index contributed by atoms with van der Waals surface area (Å²) in [5.74, 6) is 3.11. The second-order valence-corrected chi connectivity index (χ2v) is 4.71. The van der Waals surface area contributed by atoms with Gasteiger partial charge >= 0.3 is 0 Å². The molecule has 0 amide bonds. The Labute approximate surface area is 64.0 Å². The second-order valence-electron chi connectivity index (χ2n) is 4.71. The Morgan fingerprint density at radius 1 is 1.40 bits per heavy atom. The number of fused-ring (bicyclic) bond motifs is 1. The van der Waals surface area contributed by atoms with Crippen molar-refractivity contribution in [2.45, 2.75) is 40.0 Å². The van der Waals surface area contributed by atoms with Gasteiger partial charge < -0.3 is 0 Å².